The topological polar surface area (TPSA) is 101 Å². The van der Waals surface area contributed by atoms with Gasteiger partial charge in [-0.05, 0) is 19.1 Å². The molecule has 2 aromatic heterocycles. The molecule has 0 radical (unpaired) electrons. The fraction of sp³-hybridized carbons (Fsp3) is 0.182. The van der Waals surface area contributed by atoms with Crippen LogP contribution >= 0.6 is 0 Å². The maximum Gasteiger partial charge on any atom is 0.264 e. The molecular formula is C11H11N5O2S. The molecule has 1 N–H and O–H groups in total. The van der Waals surface area contributed by atoms with Crippen LogP contribution in [0.15, 0.2) is 35.6 Å². The van der Waals surface area contributed by atoms with Gasteiger partial charge in [0.05, 0.1) is 11.9 Å². The van der Waals surface area contributed by atoms with Crippen molar-refractivity contribution in [1.29, 1.82) is 5.26 Å². The van der Waals surface area contributed by atoms with Gasteiger partial charge in [-0.25, -0.2) is 13.4 Å². The molecule has 0 atom stereocenters. The molecule has 0 aliphatic heterocycles. The van der Waals surface area contributed by atoms with E-state index in [1.54, 1.807) is 16.9 Å². The molecule has 0 aromatic carbocycles. The zero-order valence-electron chi connectivity index (χ0n) is 10.1. The van der Waals surface area contributed by atoms with Gasteiger partial charge in [-0.3, -0.25) is 9.40 Å². The summed E-state index contributed by atoms with van der Waals surface area (Å²) in [6, 6.07) is 4.55. The molecule has 98 valence electrons. The Morgan fingerprint density at radius 3 is 2.95 bits per heavy atom. The second-order valence-corrected chi connectivity index (χ2v) is 5.30. The summed E-state index contributed by atoms with van der Waals surface area (Å²) in [6.45, 7) is 2.53. The van der Waals surface area contributed by atoms with E-state index in [2.05, 4.69) is 14.8 Å². The Morgan fingerprint density at radius 2 is 2.32 bits per heavy atom. The lowest BCUT2D eigenvalue weighted by atomic mass is 10.4. The zero-order chi connectivity index (χ0) is 13.9. The van der Waals surface area contributed by atoms with E-state index in [-0.39, 0.29) is 10.6 Å². The number of nitrogens with zero attached hydrogens (tertiary/aromatic N) is 4. The molecule has 7 nitrogen and oxygen atoms in total. The molecule has 8 heteroatoms. The Balaban J connectivity index is 2.35. The Labute approximate surface area is 110 Å². The predicted octanol–water partition coefficient (Wildman–Crippen LogP) is 0.970. The summed E-state index contributed by atoms with van der Waals surface area (Å²) in [5, 5.41) is 12.8. The standard InChI is InChI=1S/C11H11N5O2S/c1-2-16-8-9(7-14-16)15-19(17,18)11-4-3-5-13-10(11)6-12/h3-5,7-8,15H,2H2,1H3. The van der Waals surface area contributed by atoms with Crippen LogP contribution in [0, 0.1) is 11.3 Å². The first-order chi connectivity index (χ1) is 9.06. The summed E-state index contributed by atoms with van der Waals surface area (Å²) in [5.41, 5.74) is 0.201. The highest BCUT2D eigenvalue weighted by Crippen LogP contribution is 2.17. The fourth-order valence-corrected chi connectivity index (χ4v) is 2.63. The first-order valence-electron chi connectivity index (χ1n) is 5.47. The van der Waals surface area contributed by atoms with Gasteiger partial charge < -0.3 is 0 Å². The molecule has 2 heterocycles. The van der Waals surface area contributed by atoms with E-state index in [1.807, 2.05) is 6.92 Å². The van der Waals surface area contributed by atoms with Crippen LogP contribution in [0.1, 0.15) is 12.6 Å². The van der Waals surface area contributed by atoms with Crippen LogP contribution in [-0.4, -0.2) is 23.2 Å². The fourth-order valence-electron chi connectivity index (χ4n) is 1.49. The Kier molecular flexibility index (Phi) is 3.48. The minimum absolute atomic E-state index is 0.141. The van der Waals surface area contributed by atoms with Crippen molar-refractivity contribution < 1.29 is 8.42 Å². The SMILES string of the molecule is CCn1cc(NS(=O)(=O)c2cccnc2C#N)cn1. The molecule has 19 heavy (non-hydrogen) atoms. The van der Waals surface area contributed by atoms with Crippen molar-refractivity contribution in [3.63, 3.8) is 0 Å². The number of pyridine rings is 1. The largest absolute Gasteiger partial charge is 0.276 e. The lowest BCUT2D eigenvalue weighted by Crippen LogP contribution is -2.14. The summed E-state index contributed by atoms with van der Waals surface area (Å²) < 4.78 is 28.2. The molecule has 0 amide bonds. The van der Waals surface area contributed by atoms with E-state index in [4.69, 9.17) is 5.26 Å². The highest BCUT2D eigenvalue weighted by molar-refractivity contribution is 7.92. The van der Waals surface area contributed by atoms with Crippen molar-refractivity contribution in [3.05, 3.63) is 36.4 Å². The zero-order valence-corrected chi connectivity index (χ0v) is 10.9. The van der Waals surface area contributed by atoms with Crippen LogP contribution in [0.4, 0.5) is 5.69 Å². The van der Waals surface area contributed by atoms with Crippen molar-refractivity contribution in [3.8, 4) is 6.07 Å². The monoisotopic (exact) mass is 277 g/mol. The van der Waals surface area contributed by atoms with Crippen molar-refractivity contribution in [2.24, 2.45) is 0 Å². The number of nitrogens with one attached hydrogen (secondary N) is 1. The van der Waals surface area contributed by atoms with E-state index in [1.165, 1.54) is 24.5 Å². The van der Waals surface area contributed by atoms with Crippen LogP contribution < -0.4 is 4.72 Å². The Bertz CT molecular complexity index is 730. The number of nitriles is 1. The normalized spacial score (nSPS) is 10.9. The summed E-state index contributed by atoms with van der Waals surface area (Å²) in [6.07, 6.45) is 4.34. The Hall–Kier alpha value is -2.40. The van der Waals surface area contributed by atoms with Crippen molar-refractivity contribution in [2.75, 3.05) is 4.72 Å². The van der Waals surface area contributed by atoms with E-state index in [0.29, 0.717) is 12.2 Å². The molecule has 0 saturated heterocycles. The maximum atomic E-state index is 12.1. The van der Waals surface area contributed by atoms with E-state index < -0.39 is 10.0 Å². The third-order valence-electron chi connectivity index (χ3n) is 2.38. The molecule has 0 aliphatic carbocycles. The van der Waals surface area contributed by atoms with Gasteiger partial charge in [0.2, 0.25) is 0 Å². The third kappa shape index (κ3) is 2.71. The molecule has 0 spiro atoms. The quantitative estimate of drug-likeness (QED) is 0.897. The highest BCUT2D eigenvalue weighted by Gasteiger charge is 2.19. The van der Waals surface area contributed by atoms with Gasteiger partial charge in [0, 0.05) is 18.9 Å². The number of hydrogen-bond acceptors (Lipinski definition) is 5. The number of sulfonamides is 1. The lowest BCUT2D eigenvalue weighted by Gasteiger charge is -2.06. The van der Waals surface area contributed by atoms with E-state index in [9.17, 15) is 8.42 Å². The van der Waals surface area contributed by atoms with E-state index >= 15 is 0 Å². The predicted molar refractivity (Wildman–Crippen MR) is 67.7 cm³/mol. The second kappa shape index (κ2) is 5.07. The first-order valence-corrected chi connectivity index (χ1v) is 6.95. The summed E-state index contributed by atoms with van der Waals surface area (Å²) in [4.78, 5) is 3.57. The van der Waals surface area contributed by atoms with Gasteiger partial charge in [0.25, 0.3) is 10.0 Å². The van der Waals surface area contributed by atoms with Crippen LogP contribution in [-0.2, 0) is 16.6 Å². The average Bonchev–Trinajstić information content (AvgIpc) is 2.85. The van der Waals surface area contributed by atoms with Gasteiger partial charge in [-0.1, -0.05) is 0 Å². The van der Waals surface area contributed by atoms with Gasteiger partial charge in [-0.15, -0.1) is 0 Å². The molecule has 0 bridgehead atoms. The van der Waals surface area contributed by atoms with Crippen molar-refractivity contribution in [2.45, 2.75) is 18.4 Å². The molecule has 2 rings (SSSR count). The number of hydrogen-bond donors (Lipinski definition) is 1. The van der Waals surface area contributed by atoms with Crippen LogP contribution in [0.25, 0.3) is 0 Å². The minimum Gasteiger partial charge on any atom is -0.276 e. The lowest BCUT2D eigenvalue weighted by molar-refractivity contribution is 0.600. The number of aromatic nitrogens is 3. The molecule has 0 aliphatic rings. The molecular weight excluding hydrogens is 266 g/mol. The average molecular weight is 277 g/mol. The van der Waals surface area contributed by atoms with Gasteiger partial charge in [0.1, 0.15) is 11.0 Å². The molecule has 2 aromatic rings. The molecule has 0 unspecified atom stereocenters. The first kappa shape index (κ1) is 13.0. The molecule has 0 saturated carbocycles. The highest BCUT2D eigenvalue weighted by atomic mass is 32.2. The second-order valence-electron chi connectivity index (χ2n) is 3.65. The summed E-state index contributed by atoms with van der Waals surface area (Å²) in [7, 11) is -3.84. The van der Waals surface area contributed by atoms with Crippen LogP contribution in [0.5, 0.6) is 0 Å². The van der Waals surface area contributed by atoms with Crippen LogP contribution in [0.2, 0.25) is 0 Å². The number of anilines is 1. The molecule has 0 fully saturated rings. The summed E-state index contributed by atoms with van der Waals surface area (Å²) >= 11 is 0. The van der Waals surface area contributed by atoms with Crippen molar-refractivity contribution >= 4 is 15.7 Å². The van der Waals surface area contributed by atoms with E-state index in [0.717, 1.165) is 0 Å². The van der Waals surface area contributed by atoms with Gasteiger partial charge in [0.15, 0.2) is 5.69 Å². The maximum absolute atomic E-state index is 12.1. The number of aryl methyl sites for hydroxylation is 1. The van der Waals surface area contributed by atoms with Crippen LogP contribution in [0.3, 0.4) is 0 Å². The third-order valence-corrected chi connectivity index (χ3v) is 3.79. The smallest absolute Gasteiger partial charge is 0.264 e. The number of rotatable bonds is 4. The minimum atomic E-state index is -3.84. The Morgan fingerprint density at radius 1 is 1.53 bits per heavy atom. The summed E-state index contributed by atoms with van der Waals surface area (Å²) in [5.74, 6) is 0. The van der Waals surface area contributed by atoms with Gasteiger partial charge >= 0.3 is 0 Å². The van der Waals surface area contributed by atoms with Crippen molar-refractivity contribution in [1.82, 2.24) is 14.8 Å². The van der Waals surface area contributed by atoms with Gasteiger partial charge in [-0.2, -0.15) is 10.4 Å².